The standard InChI is InChI=1S/C19H29N5O6/c1-13-11-22(18(26)27)12-14(2)23(13)8-9-30-17-5-4-15(10-21-17)24(19(28)29-3)7-6-16(20)25/h4-5,10,13-14H,6-9,11-12H2,1-3H3,(H2,20,25)(H,26,27). The summed E-state index contributed by atoms with van der Waals surface area (Å²) >= 11 is 0. The average molecular weight is 423 g/mol. The van der Waals surface area contributed by atoms with Gasteiger partial charge in [0.1, 0.15) is 6.61 Å². The van der Waals surface area contributed by atoms with Crippen molar-refractivity contribution in [3.63, 3.8) is 0 Å². The minimum absolute atomic E-state index is 0.00113. The van der Waals surface area contributed by atoms with Gasteiger partial charge in [-0.2, -0.15) is 0 Å². The fraction of sp³-hybridized carbons (Fsp3) is 0.579. The van der Waals surface area contributed by atoms with Crippen molar-refractivity contribution < 1.29 is 29.0 Å². The lowest BCUT2D eigenvalue weighted by atomic mass is 10.1. The second-order valence-electron chi connectivity index (χ2n) is 7.16. The van der Waals surface area contributed by atoms with Crippen LogP contribution in [0, 0.1) is 0 Å². The molecule has 3 amide bonds. The van der Waals surface area contributed by atoms with E-state index in [0.29, 0.717) is 37.8 Å². The summed E-state index contributed by atoms with van der Waals surface area (Å²) in [6.45, 7) is 6.01. The van der Waals surface area contributed by atoms with Crippen LogP contribution < -0.4 is 15.4 Å². The topological polar surface area (TPSA) is 139 Å². The summed E-state index contributed by atoms with van der Waals surface area (Å²) in [5.74, 6) is -0.132. The summed E-state index contributed by atoms with van der Waals surface area (Å²) < 4.78 is 10.4. The molecule has 0 bridgehead atoms. The number of nitrogens with zero attached hydrogens (tertiary/aromatic N) is 4. The van der Waals surface area contributed by atoms with E-state index >= 15 is 0 Å². The minimum atomic E-state index is -0.897. The Labute approximate surface area is 175 Å². The lowest BCUT2D eigenvalue weighted by Crippen LogP contribution is -2.58. The number of nitrogens with two attached hydrogens (primary N) is 1. The van der Waals surface area contributed by atoms with Crippen LogP contribution in [-0.4, -0.2) is 90.0 Å². The highest BCUT2D eigenvalue weighted by molar-refractivity contribution is 5.88. The van der Waals surface area contributed by atoms with Gasteiger partial charge in [-0.25, -0.2) is 14.6 Å². The number of carboxylic acid groups (broad SMARTS) is 1. The molecule has 166 valence electrons. The van der Waals surface area contributed by atoms with Crippen LogP contribution in [0.5, 0.6) is 5.88 Å². The third-order valence-electron chi connectivity index (χ3n) is 4.98. The maximum absolute atomic E-state index is 11.9. The van der Waals surface area contributed by atoms with Crippen LogP contribution in [-0.2, 0) is 9.53 Å². The lowest BCUT2D eigenvalue weighted by molar-refractivity contribution is -0.117. The molecule has 1 saturated heterocycles. The first-order valence-electron chi connectivity index (χ1n) is 9.69. The van der Waals surface area contributed by atoms with Crippen LogP contribution >= 0.6 is 0 Å². The summed E-state index contributed by atoms with van der Waals surface area (Å²) in [6.07, 6.45) is -0.0517. The molecule has 2 heterocycles. The zero-order chi connectivity index (χ0) is 22.3. The quantitative estimate of drug-likeness (QED) is 0.631. The van der Waals surface area contributed by atoms with Crippen molar-refractivity contribution in [2.75, 3.05) is 44.8 Å². The number of primary amides is 1. The lowest BCUT2D eigenvalue weighted by Gasteiger charge is -2.43. The highest BCUT2D eigenvalue weighted by Crippen LogP contribution is 2.19. The number of hydrogen-bond donors (Lipinski definition) is 2. The van der Waals surface area contributed by atoms with Gasteiger partial charge in [0, 0.05) is 50.7 Å². The van der Waals surface area contributed by atoms with E-state index in [1.807, 2.05) is 13.8 Å². The van der Waals surface area contributed by atoms with Gasteiger partial charge in [0.05, 0.1) is 19.0 Å². The van der Waals surface area contributed by atoms with Crippen molar-refractivity contribution >= 4 is 23.8 Å². The van der Waals surface area contributed by atoms with Gasteiger partial charge in [0.15, 0.2) is 0 Å². The molecule has 11 heteroatoms. The summed E-state index contributed by atoms with van der Waals surface area (Å²) in [5, 5.41) is 9.18. The van der Waals surface area contributed by atoms with Crippen molar-refractivity contribution in [3.05, 3.63) is 18.3 Å². The second-order valence-corrected chi connectivity index (χ2v) is 7.16. The van der Waals surface area contributed by atoms with Crippen LogP contribution in [0.3, 0.4) is 0 Å². The van der Waals surface area contributed by atoms with E-state index in [2.05, 4.69) is 9.88 Å². The first-order valence-corrected chi connectivity index (χ1v) is 9.69. The summed E-state index contributed by atoms with van der Waals surface area (Å²) in [6, 6.07) is 3.45. The first kappa shape index (κ1) is 23.2. The van der Waals surface area contributed by atoms with Crippen molar-refractivity contribution in [1.82, 2.24) is 14.8 Å². The number of anilines is 1. The molecule has 2 rings (SSSR count). The fourth-order valence-electron chi connectivity index (χ4n) is 3.48. The number of methoxy groups -OCH3 is 1. The summed E-state index contributed by atoms with van der Waals surface area (Å²) in [5.41, 5.74) is 5.61. The maximum Gasteiger partial charge on any atom is 0.414 e. The van der Waals surface area contributed by atoms with Crippen LogP contribution in [0.25, 0.3) is 0 Å². The van der Waals surface area contributed by atoms with Crippen molar-refractivity contribution in [1.29, 1.82) is 0 Å². The van der Waals surface area contributed by atoms with Gasteiger partial charge < -0.3 is 25.2 Å². The van der Waals surface area contributed by atoms with E-state index in [1.165, 1.54) is 23.1 Å². The summed E-state index contributed by atoms with van der Waals surface area (Å²) in [7, 11) is 1.25. The molecule has 3 N–H and O–H groups in total. The Hall–Kier alpha value is -3.08. The maximum atomic E-state index is 11.9. The van der Waals surface area contributed by atoms with Gasteiger partial charge >= 0.3 is 12.2 Å². The predicted molar refractivity (Wildman–Crippen MR) is 109 cm³/mol. The monoisotopic (exact) mass is 423 g/mol. The number of piperazine rings is 1. The van der Waals surface area contributed by atoms with Crippen LogP contribution in [0.2, 0.25) is 0 Å². The number of aromatic nitrogens is 1. The molecule has 11 nitrogen and oxygen atoms in total. The van der Waals surface area contributed by atoms with E-state index in [0.717, 1.165) is 0 Å². The molecule has 2 unspecified atom stereocenters. The predicted octanol–water partition coefficient (Wildman–Crippen LogP) is 0.981. The molecule has 0 radical (unpaired) electrons. The number of rotatable bonds is 8. The van der Waals surface area contributed by atoms with Gasteiger partial charge in [-0.1, -0.05) is 0 Å². The Morgan fingerprint density at radius 2 is 1.93 bits per heavy atom. The summed E-state index contributed by atoms with van der Waals surface area (Å²) in [4.78, 5) is 43.2. The molecule has 1 aliphatic heterocycles. The molecular weight excluding hydrogens is 394 g/mol. The Balaban J connectivity index is 1.90. The van der Waals surface area contributed by atoms with Crippen LogP contribution in [0.4, 0.5) is 15.3 Å². The van der Waals surface area contributed by atoms with E-state index in [-0.39, 0.29) is 25.0 Å². The van der Waals surface area contributed by atoms with E-state index < -0.39 is 18.1 Å². The van der Waals surface area contributed by atoms with Crippen molar-refractivity contribution in [2.45, 2.75) is 32.4 Å². The average Bonchev–Trinajstić information content (AvgIpc) is 2.70. The van der Waals surface area contributed by atoms with Gasteiger partial charge in [-0.05, 0) is 19.9 Å². The Morgan fingerprint density at radius 1 is 1.27 bits per heavy atom. The molecule has 1 aromatic rings. The fourth-order valence-corrected chi connectivity index (χ4v) is 3.48. The van der Waals surface area contributed by atoms with Gasteiger partial charge in [-0.15, -0.1) is 0 Å². The van der Waals surface area contributed by atoms with E-state index in [9.17, 15) is 19.5 Å². The SMILES string of the molecule is COC(=O)N(CCC(N)=O)c1ccc(OCCN2C(C)CN(C(=O)O)CC2C)nc1. The van der Waals surface area contributed by atoms with Crippen LogP contribution in [0.1, 0.15) is 20.3 Å². The number of pyridine rings is 1. The molecular formula is C19H29N5O6. The molecule has 30 heavy (non-hydrogen) atoms. The number of carbonyl (C=O) groups is 3. The Morgan fingerprint density at radius 3 is 2.43 bits per heavy atom. The second kappa shape index (κ2) is 10.6. The van der Waals surface area contributed by atoms with Gasteiger partial charge in [0.25, 0.3) is 0 Å². The van der Waals surface area contributed by atoms with Crippen molar-refractivity contribution in [2.24, 2.45) is 5.73 Å². The zero-order valence-electron chi connectivity index (χ0n) is 17.5. The highest BCUT2D eigenvalue weighted by atomic mass is 16.5. The molecule has 0 aromatic carbocycles. The van der Waals surface area contributed by atoms with Crippen LogP contribution in [0.15, 0.2) is 18.3 Å². The van der Waals surface area contributed by atoms with E-state index in [4.69, 9.17) is 15.2 Å². The van der Waals surface area contributed by atoms with Gasteiger partial charge in [-0.3, -0.25) is 14.6 Å². The third kappa shape index (κ3) is 6.21. The number of ether oxygens (including phenoxy) is 2. The van der Waals surface area contributed by atoms with E-state index in [1.54, 1.807) is 12.1 Å². The van der Waals surface area contributed by atoms with Gasteiger partial charge in [0.2, 0.25) is 11.8 Å². The molecule has 0 aliphatic carbocycles. The molecule has 1 aliphatic rings. The highest BCUT2D eigenvalue weighted by Gasteiger charge is 2.31. The molecule has 1 aromatic heterocycles. The zero-order valence-corrected chi connectivity index (χ0v) is 17.5. The molecule has 2 atom stereocenters. The number of amides is 3. The van der Waals surface area contributed by atoms with Crippen molar-refractivity contribution in [3.8, 4) is 5.88 Å². The molecule has 0 spiro atoms. The number of carbonyl (C=O) groups excluding carboxylic acids is 2. The smallest absolute Gasteiger partial charge is 0.414 e. The first-order chi connectivity index (χ1) is 14.2. The minimum Gasteiger partial charge on any atom is -0.476 e. The molecule has 1 fully saturated rings. The largest absolute Gasteiger partial charge is 0.476 e. The normalized spacial score (nSPS) is 19.2. The molecule has 0 saturated carbocycles. The Bertz CT molecular complexity index is 731. The Kier molecular flexibility index (Phi) is 8.22. The number of hydrogen-bond acceptors (Lipinski definition) is 7. The third-order valence-corrected chi connectivity index (χ3v) is 4.98.